The monoisotopic (exact) mass is 273 g/mol. The summed E-state index contributed by atoms with van der Waals surface area (Å²) in [7, 11) is 1.58. The van der Waals surface area contributed by atoms with Crippen LogP contribution < -0.4 is 0 Å². The van der Waals surface area contributed by atoms with Crippen molar-refractivity contribution in [1.82, 2.24) is 4.57 Å². The second-order valence-electron chi connectivity index (χ2n) is 4.43. The second kappa shape index (κ2) is 5.21. The summed E-state index contributed by atoms with van der Waals surface area (Å²) in [6.45, 7) is 1.81. The lowest BCUT2D eigenvalue weighted by molar-refractivity contribution is 0.0682. The third kappa shape index (κ3) is 2.07. The molecule has 0 aliphatic carbocycles. The first-order chi connectivity index (χ1) is 9.49. The highest BCUT2D eigenvalue weighted by atomic mass is 16.4. The molecule has 0 saturated heterocycles. The van der Waals surface area contributed by atoms with Crippen LogP contribution in [0.2, 0.25) is 0 Å². The number of benzene rings is 1. The highest BCUT2D eigenvalue weighted by Crippen LogP contribution is 2.32. The fraction of sp³-hybridized carbons (Fsp3) is 0.200. The standard InChI is InChI=1S/C15H15NO4/c1-3-10-12(14(17)18)11(9-7-5-4-6-8-9)13(15(19)20)16(10)2/h4-8H,3H2,1-2H3,(H,17,18)(H,19,20). The minimum Gasteiger partial charge on any atom is -0.478 e. The van der Waals surface area contributed by atoms with E-state index in [0.717, 1.165) is 0 Å². The molecule has 1 aromatic carbocycles. The maximum absolute atomic E-state index is 11.6. The Morgan fingerprint density at radius 3 is 2.15 bits per heavy atom. The summed E-state index contributed by atoms with van der Waals surface area (Å²) >= 11 is 0. The van der Waals surface area contributed by atoms with Gasteiger partial charge in [0.15, 0.2) is 0 Å². The van der Waals surface area contributed by atoms with Crippen molar-refractivity contribution in [2.45, 2.75) is 13.3 Å². The zero-order valence-corrected chi connectivity index (χ0v) is 11.3. The molecule has 20 heavy (non-hydrogen) atoms. The van der Waals surface area contributed by atoms with E-state index in [1.54, 1.807) is 37.4 Å². The fourth-order valence-corrected chi connectivity index (χ4v) is 2.51. The molecule has 2 rings (SSSR count). The van der Waals surface area contributed by atoms with Crippen LogP contribution in [-0.2, 0) is 13.5 Å². The average Bonchev–Trinajstić information content (AvgIpc) is 2.72. The largest absolute Gasteiger partial charge is 0.478 e. The van der Waals surface area contributed by atoms with Gasteiger partial charge in [-0.05, 0) is 12.0 Å². The number of hydrogen-bond donors (Lipinski definition) is 2. The van der Waals surface area contributed by atoms with Crippen LogP contribution in [-0.4, -0.2) is 26.7 Å². The third-order valence-electron chi connectivity index (χ3n) is 3.33. The van der Waals surface area contributed by atoms with Crippen LogP contribution in [0.1, 0.15) is 33.5 Å². The van der Waals surface area contributed by atoms with Gasteiger partial charge in [-0.1, -0.05) is 37.3 Å². The molecule has 0 unspecified atom stereocenters. The minimum absolute atomic E-state index is 0.00505. The first-order valence-corrected chi connectivity index (χ1v) is 6.22. The van der Waals surface area contributed by atoms with Crippen LogP contribution >= 0.6 is 0 Å². The number of hydrogen-bond acceptors (Lipinski definition) is 2. The van der Waals surface area contributed by atoms with Crippen molar-refractivity contribution in [2.24, 2.45) is 7.05 Å². The number of aromatic carboxylic acids is 2. The first kappa shape index (κ1) is 13.9. The molecule has 0 fully saturated rings. The molecule has 1 heterocycles. The summed E-state index contributed by atoms with van der Waals surface area (Å²) in [5, 5.41) is 18.9. The van der Waals surface area contributed by atoms with E-state index in [1.807, 2.05) is 6.92 Å². The highest BCUT2D eigenvalue weighted by Gasteiger charge is 2.28. The van der Waals surface area contributed by atoms with Crippen LogP contribution in [0, 0.1) is 0 Å². The van der Waals surface area contributed by atoms with Crippen molar-refractivity contribution in [2.75, 3.05) is 0 Å². The van der Waals surface area contributed by atoms with E-state index in [0.29, 0.717) is 17.7 Å². The topological polar surface area (TPSA) is 79.5 Å². The first-order valence-electron chi connectivity index (χ1n) is 6.22. The van der Waals surface area contributed by atoms with Crippen molar-refractivity contribution in [3.8, 4) is 11.1 Å². The van der Waals surface area contributed by atoms with E-state index in [4.69, 9.17) is 0 Å². The second-order valence-corrected chi connectivity index (χ2v) is 4.43. The predicted molar refractivity (Wildman–Crippen MR) is 74.1 cm³/mol. The summed E-state index contributed by atoms with van der Waals surface area (Å²) in [4.78, 5) is 23.1. The lowest BCUT2D eigenvalue weighted by atomic mass is 9.99. The van der Waals surface area contributed by atoms with Gasteiger partial charge in [0.25, 0.3) is 0 Å². The van der Waals surface area contributed by atoms with Crippen LogP contribution in [0.25, 0.3) is 11.1 Å². The Labute approximate surface area is 116 Å². The van der Waals surface area contributed by atoms with E-state index >= 15 is 0 Å². The number of rotatable bonds is 4. The molecule has 0 radical (unpaired) electrons. The van der Waals surface area contributed by atoms with Gasteiger partial charge in [-0.25, -0.2) is 9.59 Å². The van der Waals surface area contributed by atoms with Gasteiger partial charge in [0.2, 0.25) is 0 Å². The molecule has 2 aromatic rings. The summed E-state index contributed by atoms with van der Waals surface area (Å²) in [6, 6.07) is 8.74. The summed E-state index contributed by atoms with van der Waals surface area (Å²) in [5.41, 5.74) is 1.44. The predicted octanol–water partition coefficient (Wildman–Crippen LogP) is 2.65. The number of carbonyl (C=O) groups is 2. The van der Waals surface area contributed by atoms with Crippen molar-refractivity contribution in [3.05, 3.63) is 47.3 Å². The van der Waals surface area contributed by atoms with Crippen molar-refractivity contribution >= 4 is 11.9 Å². The number of carboxylic acid groups (broad SMARTS) is 2. The lowest BCUT2D eigenvalue weighted by Gasteiger charge is -2.04. The van der Waals surface area contributed by atoms with Gasteiger partial charge < -0.3 is 14.8 Å². The summed E-state index contributed by atoms with van der Waals surface area (Å²) in [5.74, 6) is -2.24. The van der Waals surface area contributed by atoms with Gasteiger partial charge in [-0.15, -0.1) is 0 Å². The quantitative estimate of drug-likeness (QED) is 0.897. The average molecular weight is 273 g/mol. The molecular weight excluding hydrogens is 258 g/mol. The molecule has 0 spiro atoms. The maximum Gasteiger partial charge on any atom is 0.353 e. The number of carboxylic acids is 2. The third-order valence-corrected chi connectivity index (χ3v) is 3.33. The zero-order valence-electron chi connectivity index (χ0n) is 11.3. The van der Waals surface area contributed by atoms with Crippen LogP contribution in [0.3, 0.4) is 0 Å². The highest BCUT2D eigenvalue weighted by molar-refractivity contribution is 6.05. The summed E-state index contributed by atoms with van der Waals surface area (Å²) in [6.07, 6.45) is 0.450. The van der Waals surface area contributed by atoms with Gasteiger partial charge in [0.05, 0.1) is 5.56 Å². The molecule has 2 N–H and O–H groups in total. The molecule has 104 valence electrons. The Morgan fingerprint density at radius 2 is 1.70 bits per heavy atom. The molecule has 5 nitrogen and oxygen atoms in total. The van der Waals surface area contributed by atoms with E-state index in [9.17, 15) is 19.8 Å². The normalized spacial score (nSPS) is 10.5. The molecule has 0 atom stereocenters. The van der Waals surface area contributed by atoms with Crippen LogP contribution in [0.15, 0.2) is 30.3 Å². The van der Waals surface area contributed by atoms with Crippen molar-refractivity contribution < 1.29 is 19.8 Å². The van der Waals surface area contributed by atoms with Gasteiger partial charge in [0.1, 0.15) is 5.69 Å². The molecule has 1 aromatic heterocycles. The molecule has 0 amide bonds. The van der Waals surface area contributed by atoms with E-state index in [1.165, 1.54) is 4.57 Å². The smallest absolute Gasteiger partial charge is 0.353 e. The molecule has 0 aliphatic heterocycles. The number of aromatic nitrogens is 1. The van der Waals surface area contributed by atoms with E-state index in [-0.39, 0.29) is 16.8 Å². The number of nitrogens with zero attached hydrogens (tertiary/aromatic N) is 1. The van der Waals surface area contributed by atoms with Gasteiger partial charge in [0, 0.05) is 18.3 Å². The van der Waals surface area contributed by atoms with Crippen LogP contribution in [0.5, 0.6) is 0 Å². The fourth-order valence-electron chi connectivity index (χ4n) is 2.51. The molecule has 0 aliphatic rings. The zero-order chi connectivity index (χ0) is 14.9. The minimum atomic E-state index is -1.13. The summed E-state index contributed by atoms with van der Waals surface area (Å²) < 4.78 is 1.45. The Balaban J connectivity index is 2.89. The molecule has 5 heteroatoms. The Hall–Kier alpha value is -2.56. The van der Waals surface area contributed by atoms with Crippen molar-refractivity contribution in [1.29, 1.82) is 0 Å². The van der Waals surface area contributed by atoms with E-state index in [2.05, 4.69) is 0 Å². The Morgan fingerprint density at radius 1 is 1.10 bits per heavy atom. The van der Waals surface area contributed by atoms with Gasteiger partial charge in [-0.3, -0.25) is 0 Å². The van der Waals surface area contributed by atoms with Gasteiger partial charge >= 0.3 is 11.9 Å². The molecule has 0 saturated carbocycles. The van der Waals surface area contributed by atoms with E-state index < -0.39 is 11.9 Å². The molecule has 0 bridgehead atoms. The van der Waals surface area contributed by atoms with Gasteiger partial charge in [-0.2, -0.15) is 0 Å². The Bertz CT molecular complexity index is 671. The van der Waals surface area contributed by atoms with Crippen molar-refractivity contribution in [3.63, 3.8) is 0 Å². The van der Waals surface area contributed by atoms with Crippen LogP contribution in [0.4, 0.5) is 0 Å². The maximum atomic E-state index is 11.6. The molecular formula is C15H15NO4. The lowest BCUT2D eigenvalue weighted by Crippen LogP contribution is -2.07. The Kier molecular flexibility index (Phi) is 3.61. The SMILES string of the molecule is CCc1c(C(=O)O)c(-c2ccccc2)c(C(=O)O)n1C.